The van der Waals surface area contributed by atoms with Crippen LogP contribution in [0.25, 0.3) is 0 Å². The van der Waals surface area contributed by atoms with E-state index in [1.807, 2.05) is 13.0 Å². The zero-order chi connectivity index (χ0) is 21.3. The van der Waals surface area contributed by atoms with E-state index in [4.69, 9.17) is 4.74 Å². The van der Waals surface area contributed by atoms with Crippen molar-refractivity contribution in [3.8, 4) is 17.2 Å². The summed E-state index contributed by atoms with van der Waals surface area (Å²) in [6, 6.07) is 17.8. The molecule has 1 heterocycles. The number of benzene rings is 3. The predicted molar refractivity (Wildman–Crippen MR) is 113 cm³/mol. The number of fused-ring (bicyclic) bond motifs is 1. The maximum Gasteiger partial charge on any atom is 0.243 e. The fraction of sp³-hybridized carbons (Fsp3) is 0.217. The van der Waals surface area contributed by atoms with E-state index in [0.717, 1.165) is 11.1 Å². The zero-order valence-electron chi connectivity index (χ0n) is 16.5. The van der Waals surface area contributed by atoms with Gasteiger partial charge in [0.25, 0.3) is 0 Å². The lowest BCUT2D eigenvalue weighted by Crippen LogP contribution is -2.43. The third-order valence-corrected chi connectivity index (χ3v) is 7.14. The van der Waals surface area contributed by atoms with E-state index in [1.54, 1.807) is 48.5 Å². The van der Waals surface area contributed by atoms with Crippen molar-refractivity contribution in [2.45, 2.75) is 30.8 Å². The molecule has 6 nitrogen and oxygen atoms in total. The number of phenolic OH excluding ortho intramolecular Hbond substituents is 2. The molecule has 0 amide bonds. The Morgan fingerprint density at radius 1 is 1.00 bits per heavy atom. The normalized spacial score (nSPS) is 17.0. The zero-order valence-corrected chi connectivity index (χ0v) is 17.3. The van der Waals surface area contributed by atoms with Gasteiger partial charge in [0.05, 0.1) is 10.9 Å². The summed E-state index contributed by atoms with van der Waals surface area (Å²) in [7, 11) is -3.81. The summed E-state index contributed by atoms with van der Waals surface area (Å²) in [5.41, 5.74) is 2.47. The Hall–Kier alpha value is -3.03. The SMILES string of the molecule is Cc1ccc(S(=O)(=O)N2Cc3ccc(O)cc3OC[C@@H]2Cc2cccc(O)c2)cc1. The molecule has 3 aromatic carbocycles. The van der Waals surface area contributed by atoms with Crippen molar-refractivity contribution in [2.24, 2.45) is 0 Å². The fourth-order valence-corrected chi connectivity index (χ4v) is 5.21. The molecule has 0 aliphatic carbocycles. The smallest absolute Gasteiger partial charge is 0.243 e. The summed E-state index contributed by atoms with van der Waals surface area (Å²) in [5.74, 6) is 0.661. The first-order chi connectivity index (χ1) is 14.3. The maximum atomic E-state index is 13.6. The standard InChI is InChI=1S/C23H23NO5S/c1-16-5-9-22(10-6-16)30(27,28)24-14-18-7-8-21(26)13-23(18)29-15-19(24)11-17-3-2-4-20(25)12-17/h2-10,12-13,19,25-26H,11,14-15H2,1H3/t19-/m0/s1. The van der Waals surface area contributed by atoms with Crippen LogP contribution in [0.15, 0.2) is 71.6 Å². The molecule has 2 N–H and O–H groups in total. The Labute approximate surface area is 176 Å². The van der Waals surface area contributed by atoms with Crippen molar-refractivity contribution in [2.75, 3.05) is 6.61 Å². The van der Waals surface area contributed by atoms with Crippen LogP contribution in [-0.2, 0) is 23.0 Å². The molecule has 1 aliphatic rings. The van der Waals surface area contributed by atoms with Crippen molar-refractivity contribution < 1.29 is 23.4 Å². The van der Waals surface area contributed by atoms with Crippen LogP contribution in [0.5, 0.6) is 17.2 Å². The third kappa shape index (κ3) is 4.13. The van der Waals surface area contributed by atoms with Crippen molar-refractivity contribution in [3.63, 3.8) is 0 Å². The largest absolute Gasteiger partial charge is 0.508 e. The van der Waals surface area contributed by atoms with E-state index in [9.17, 15) is 18.6 Å². The molecule has 0 fully saturated rings. The van der Waals surface area contributed by atoms with Gasteiger partial charge < -0.3 is 14.9 Å². The molecule has 0 unspecified atom stereocenters. The van der Waals surface area contributed by atoms with Crippen LogP contribution in [0.3, 0.4) is 0 Å². The van der Waals surface area contributed by atoms with Crippen molar-refractivity contribution >= 4 is 10.0 Å². The Morgan fingerprint density at radius 3 is 2.47 bits per heavy atom. The fourth-order valence-electron chi connectivity index (χ4n) is 3.62. The van der Waals surface area contributed by atoms with E-state index in [2.05, 4.69) is 0 Å². The van der Waals surface area contributed by atoms with Gasteiger partial charge in [0.15, 0.2) is 0 Å². The number of nitrogens with zero attached hydrogens (tertiary/aromatic N) is 1. The number of hydrogen-bond donors (Lipinski definition) is 2. The van der Waals surface area contributed by atoms with Crippen molar-refractivity contribution in [1.29, 1.82) is 0 Å². The van der Waals surface area contributed by atoms with Gasteiger partial charge in [-0.05, 0) is 49.2 Å². The van der Waals surface area contributed by atoms with E-state index in [1.165, 1.54) is 16.4 Å². The monoisotopic (exact) mass is 425 g/mol. The first-order valence-electron chi connectivity index (χ1n) is 9.64. The lowest BCUT2D eigenvalue weighted by Gasteiger charge is -2.28. The molecule has 0 bridgehead atoms. The molecule has 0 radical (unpaired) electrons. The number of ether oxygens (including phenoxy) is 1. The highest BCUT2D eigenvalue weighted by atomic mass is 32.2. The van der Waals surface area contributed by atoms with E-state index in [-0.39, 0.29) is 29.5 Å². The highest BCUT2D eigenvalue weighted by Crippen LogP contribution is 2.33. The number of sulfonamides is 1. The van der Waals surface area contributed by atoms with Crippen LogP contribution in [0.2, 0.25) is 0 Å². The number of aryl methyl sites for hydroxylation is 1. The Morgan fingerprint density at radius 2 is 1.73 bits per heavy atom. The molecule has 0 saturated carbocycles. The minimum Gasteiger partial charge on any atom is -0.508 e. The minimum absolute atomic E-state index is 0.0631. The predicted octanol–water partition coefficient (Wildman–Crippen LogP) is 3.60. The molecule has 3 aromatic rings. The topological polar surface area (TPSA) is 87.1 Å². The van der Waals surface area contributed by atoms with Gasteiger partial charge in [0, 0.05) is 18.2 Å². The highest BCUT2D eigenvalue weighted by molar-refractivity contribution is 7.89. The van der Waals surface area contributed by atoms with Crippen LogP contribution in [0, 0.1) is 6.92 Å². The van der Waals surface area contributed by atoms with Gasteiger partial charge in [-0.1, -0.05) is 35.9 Å². The van der Waals surface area contributed by atoms with Crippen LogP contribution in [0.1, 0.15) is 16.7 Å². The van der Waals surface area contributed by atoms with Gasteiger partial charge in [-0.3, -0.25) is 0 Å². The first-order valence-corrected chi connectivity index (χ1v) is 11.1. The third-order valence-electron chi connectivity index (χ3n) is 5.22. The molecule has 0 saturated heterocycles. The number of aromatic hydroxyl groups is 2. The van der Waals surface area contributed by atoms with Gasteiger partial charge in [-0.15, -0.1) is 0 Å². The summed E-state index contributed by atoms with van der Waals surface area (Å²) < 4.78 is 34.5. The molecule has 156 valence electrons. The van der Waals surface area contributed by atoms with Gasteiger partial charge in [-0.25, -0.2) is 8.42 Å². The lowest BCUT2D eigenvalue weighted by molar-refractivity contribution is 0.219. The van der Waals surface area contributed by atoms with Crippen LogP contribution in [0.4, 0.5) is 0 Å². The molecule has 0 spiro atoms. The van der Waals surface area contributed by atoms with Gasteiger partial charge in [0.1, 0.15) is 23.9 Å². The number of phenols is 2. The molecular weight excluding hydrogens is 402 g/mol. The quantitative estimate of drug-likeness (QED) is 0.667. The van der Waals surface area contributed by atoms with E-state index >= 15 is 0 Å². The van der Waals surface area contributed by atoms with E-state index in [0.29, 0.717) is 17.7 Å². The van der Waals surface area contributed by atoms with Crippen molar-refractivity contribution in [1.82, 2.24) is 4.31 Å². The molecule has 7 heteroatoms. The first kappa shape index (κ1) is 20.3. The summed E-state index contributed by atoms with van der Waals surface area (Å²) in [6.45, 7) is 2.15. The van der Waals surface area contributed by atoms with Gasteiger partial charge in [-0.2, -0.15) is 4.31 Å². The second-order valence-corrected chi connectivity index (χ2v) is 9.38. The lowest BCUT2D eigenvalue weighted by atomic mass is 10.1. The van der Waals surface area contributed by atoms with E-state index < -0.39 is 16.1 Å². The van der Waals surface area contributed by atoms with Gasteiger partial charge >= 0.3 is 0 Å². The summed E-state index contributed by atoms with van der Waals surface area (Å²) in [5, 5.41) is 19.6. The molecule has 4 rings (SSSR count). The van der Waals surface area contributed by atoms with Gasteiger partial charge in [0.2, 0.25) is 10.0 Å². The molecule has 30 heavy (non-hydrogen) atoms. The number of hydrogen-bond acceptors (Lipinski definition) is 5. The molecule has 1 atom stereocenters. The summed E-state index contributed by atoms with van der Waals surface area (Å²) in [6.07, 6.45) is 0.374. The van der Waals surface area contributed by atoms with Crippen LogP contribution >= 0.6 is 0 Å². The Kier molecular flexibility index (Phi) is 5.40. The van der Waals surface area contributed by atoms with Crippen LogP contribution in [-0.4, -0.2) is 35.6 Å². The van der Waals surface area contributed by atoms with Crippen molar-refractivity contribution in [3.05, 3.63) is 83.4 Å². The average Bonchev–Trinajstić information content (AvgIpc) is 2.88. The van der Waals surface area contributed by atoms with Crippen LogP contribution < -0.4 is 4.74 Å². The average molecular weight is 426 g/mol. The minimum atomic E-state index is -3.81. The highest BCUT2D eigenvalue weighted by Gasteiger charge is 2.35. The Bertz CT molecular complexity index is 1160. The second kappa shape index (κ2) is 8.01. The molecule has 1 aliphatic heterocycles. The second-order valence-electron chi connectivity index (χ2n) is 7.49. The maximum absolute atomic E-state index is 13.6. The summed E-state index contributed by atoms with van der Waals surface area (Å²) in [4.78, 5) is 0.219. The summed E-state index contributed by atoms with van der Waals surface area (Å²) >= 11 is 0. The Balaban J connectivity index is 1.75. The number of rotatable bonds is 4. The molecular formula is C23H23NO5S. The molecule has 0 aromatic heterocycles.